The molecule has 9 aromatic heterocycles. The SMILES string of the molecule is CC1(C)c2ccccc2-c2ccc(-c3cccc4c3sc3c(-c5cccc(-c6cccc(-c7ncnc8c7sc7ccccc78)c6)c5)cccc34)cc21.c1ccc(-c2ccc(-c3cccc4c3sc3c(-c5ccc(-c6ccc(-c7ncnc8c7sc7ccccc78)cc6)cc5)cccc34)cc2)cc1.c1ccc(-c2ccc3sc4ccc(-c5cccc(-c6cccc(-c7ncnc8c7sc7ccccc78)c6)c5)cc4c3c2)cc1. The Bertz CT molecular complexity index is 10300. The summed E-state index contributed by atoms with van der Waals surface area (Å²) in [5.41, 5.74) is 39.4. The second-order valence-electron chi connectivity index (χ2n) is 38.2. The van der Waals surface area contributed by atoms with E-state index in [0.717, 1.165) is 64.4 Å². The van der Waals surface area contributed by atoms with Gasteiger partial charge in [-0.3, -0.25) is 0 Å². The summed E-state index contributed by atoms with van der Waals surface area (Å²) in [4.78, 5) is 28.2. The molecule has 0 unspecified atom stereocenters. The van der Waals surface area contributed by atoms with Gasteiger partial charge in [0.1, 0.15) is 19.0 Å². The lowest BCUT2D eigenvalue weighted by Crippen LogP contribution is -2.14. The van der Waals surface area contributed by atoms with Gasteiger partial charge in [-0.15, -0.1) is 68.0 Å². The van der Waals surface area contributed by atoms with E-state index in [-0.39, 0.29) is 5.41 Å². The maximum absolute atomic E-state index is 4.79. The Balaban J connectivity index is 0.000000107. The van der Waals surface area contributed by atoms with E-state index in [1.807, 2.05) is 34.0 Å². The van der Waals surface area contributed by atoms with Crippen molar-refractivity contribution >= 4 is 189 Å². The van der Waals surface area contributed by atoms with Crippen molar-refractivity contribution in [2.45, 2.75) is 19.3 Å². The zero-order valence-electron chi connectivity index (χ0n) is 79.7. The number of fused-ring (bicyclic) bond motifs is 21. The highest BCUT2D eigenvalue weighted by molar-refractivity contribution is 7.28. The predicted molar refractivity (Wildman–Crippen MR) is 632 cm³/mol. The van der Waals surface area contributed by atoms with Crippen LogP contribution in [0.15, 0.2) is 474 Å². The molecular weight excluding hydrogens is 1900 g/mol. The van der Waals surface area contributed by atoms with Gasteiger partial charge in [0.05, 0.1) is 47.7 Å². The van der Waals surface area contributed by atoms with Gasteiger partial charge in [-0.1, -0.05) is 396 Å². The molecule has 1 aliphatic rings. The molecule has 0 saturated heterocycles. The fourth-order valence-electron chi connectivity index (χ4n) is 21.9. The molecule has 30 rings (SSSR count). The Kier molecular flexibility index (Phi) is 21.7. The average Bonchev–Trinajstić information content (AvgIpc) is 1.57. The summed E-state index contributed by atoms with van der Waals surface area (Å²) in [6.07, 6.45) is 5.08. The van der Waals surface area contributed by atoms with Gasteiger partial charge in [0, 0.05) is 113 Å². The maximum atomic E-state index is 4.79. The second kappa shape index (κ2) is 36.4. The monoisotopic (exact) mass is 1980 g/mol. The summed E-state index contributed by atoms with van der Waals surface area (Å²) in [5.74, 6) is 0. The normalized spacial score (nSPS) is 12.2. The van der Waals surface area contributed by atoms with Gasteiger partial charge in [0.2, 0.25) is 0 Å². The fourth-order valence-corrected chi connectivity index (χ4v) is 29.3. The van der Waals surface area contributed by atoms with Gasteiger partial charge in [-0.25, -0.2) is 29.9 Å². The summed E-state index contributed by atoms with van der Waals surface area (Å²) in [6.45, 7) is 4.72. The molecule has 0 saturated carbocycles. The van der Waals surface area contributed by atoms with E-state index in [2.05, 4.69) is 484 Å². The summed E-state index contributed by atoms with van der Waals surface area (Å²) in [7, 11) is 0. The minimum absolute atomic E-state index is 0.0344. The predicted octanol–water partition coefficient (Wildman–Crippen LogP) is 39.6. The molecule has 1 aliphatic carbocycles. The van der Waals surface area contributed by atoms with Gasteiger partial charge in [0.15, 0.2) is 0 Å². The van der Waals surface area contributed by atoms with Gasteiger partial charge < -0.3 is 0 Å². The lowest BCUT2D eigenvalue weighted by atomic mass is 9.81. The first-order chi connectivity index (χ1) is 72.6. The minimum atomic E-state index is -0.0344. The Morgan fingerprint density at radius 2 is 0.415 bits per heavy atom. The molecule has 690 valence electrons. The molecule has 0 amide bonds. The Hall–Kier alpha value is -17.0. The third-order valence-corrected chi connectivity index (χ3v) is 36.5. The highest BCUT2D eigenvalue weighted by Gasteiger charge is 2.36. The molecule has 0 radical (unpaired) electrons. The first-order valence-corrected chi connectivity index (χ1v) is 54.3. The van der Waals surface area contributed by atoms with Crippen LogP contribution in [0.3, 0.4) is 0 Å². The number of hydrogen-bond acceptors (Lipinski definition) is 12. The molecule has 0 aliphatic heterocycles. The Morgan fingerprint density at radius 3 is 0.850 bits per heavy atom. The highest BCUT2D eigenvalue weighted by Crippen LogP contribution is 2.54. The molecule has 9 heterocycles. The van der Waals surface area contributed by atoms with Crippen LogP contribution in [-0.4, -0.2) is 29.9 Å². The van der Waals surface area contributed by atoms with Crippen molar-refractivity contribution in [2.24, 2.45) is 0 Å². The summed E-state index contributed by atoms with van der Waals surface area (Å²) < 4.78 is 15.0. The van der Waals surface area contributed by atoms with Crippen molar-refractivity contribution in [3.8, 4) is 156 Å². The topological polar surface area (TPSA) is 77.3 Å². The van der Waals surface area contributed by atoms with E-state index in [1.54, 1.807) is 53.0 Å². The van der Waals surface area contributed by atoms with Crippen LogP contribution in [0, 0.1) is 0 Å². The van der Waals surface area contributed by atoms with E-state index in [9.17, 15) is 0 Å². The lowest BCUT2D eigenvalue weighted by Gasteiger charge is -2.22. The third-order valence-electron chi connectivity index (χ3n) is 29.3. The first kappa shape index (κ1) is 87.7. The Labute approximate surface area is 872 Å². The summed E-state index contributed by atoms with van der Waals surface area (Å²) in [6, 6.07) is 165. The van der Waals surface area contributed by atoms with E-state index in [4.69, 9.17) is 15.0 Å². The largest absolute Gasteiger partial charge is 0.235 e. The van der Waals surface area contributed by atoms with Crippen LogP contribution >= 0.6 is 68.0 Å². The van der Waals surface area contributed by atoms with Crippen molar-refractivity contribution in [2.75, 3.05) is 0 Å². The van der Waals surface area contributed by atoms with Crippen molar-refractivity contribution < 1.29 is 0 Å². The molecule has 147 heavy (non-hydrogen) atoms. The number of aromatic nitrogens is 6. The van der Waals surface area contributed by atoms with E-state index in [1.165, 1.54) is 224 Å². The second-order valence-corrected chi connectivity index (χ2v) is 44.5. The van der Waals surface area contributed by atoms with Gasteiger partial charge >= 0.3 is 0 Å². The molecule has 12 heteroatoms. The van der Waals surface area contributed by atoms with E-state index < -0.39 is 0 Å². The number of nitrogens with zero attached hydrogens (tertiary/aromatic N) is 6. The van der Waals surface area contributed by atoms with Crippen LogP contribution in [-0.2, 0) is 5.41 Å². The average molecular weight is 1980 g/mol. The zero-order valence-corrected chi connectivity index (χ0v) is 84.6. The number of benzene rings is 20. The maximum Gasteiger partial charge on any atom is 0.116 e. The molecule has 0 atom stereocenters. The van der Waals surface area contributed by atoms with Crippen molar-refractivity contribution in [1.82, 2.24) is 29.9 Å². The highest BCUT2D eigenvalue weighted by atomic mass is 32.1. The number of rotatable bonds is 13. The Morgan fingerprint density at radius 1 is 0.150 bits per heavy atom. The van der Waals surface area contributed by atoms with E-state index in [0.29, 0.717) is 0 Å². The number of hydrogen-bond donors (Lipinski definition) is 0. The van der Waals surface area contributed by atoms with Crippen LogP contribution in [0.5, 0.6) is 0 Å². The van der Waals surface area contributed by atoms with E-state index >= 15 is 0 Å². The summed E-state index contributed by atoms with van der Waals surface area (Å²) in [5, 5.41) is 11.4. The fraction of sp³-hybridized carbons (Fsp3) is 0.0222. The standard InChI is InChI=1S/C49H32N2S2.C46H28N2S2.C40H24N2S2/c1-49(2)41-21-5-3-15-36(41)37-24-23-32(27-42(37)49)35-18-10-20-39-38-19-9-17-34(46(38)53-47(35)39)31-13-7-11-29(25-31)30-12-8-14-33(26-30)44-48-45(51-28-50-44)40-16-4-6-22-43(40)52-48;1-2-8-29(9-3-1)30-16-22-33(23-17-30)36-11-6-13-38-39-14-7-12-37(45(39)50-44(36)38)34-24-18-31(19-25-34)32-20-26-35(27-21-32)42-46-43(48-28-47-42)40-10-4-5-15-41(40)49-46;1-2-8-25(9-3-1)29-16-18-36-33(22-29)34-23-30(17-19-37(34)43-36)27-11-6-10-26(20-27)28-12-7-13-31(21-28)38-40-39(42-24-41-38)32-14-4-5-15-35(32)44-40/h3-28H,1-2H3;1-28H;1-24H. The summed E-state index contributed by atoms with van der Waals surface area (Å²) >= 11 is 11.0. The van der Waals surface area contributed by atoms with Gasteiger partial charge in [-0.05, 0) is 206 Å². The molecule has 0 fully saturated rings. The van der Waals surface area contributed by atoms with Gasteiger partial charge in [0.25, 0.3) is 0 Å². The third kappa shape index (κ3) is 15.5. The van der Waals surface area contributed by atoms with Crippen molar-refractivity contribution in [3.63, 3.8) is 0 Å². The molecule has 0 spiro atoms. The van der Waals surface area contributed by atoms with Crippen LogP contribution in [0.2, 0.25) is 0 Å². The minimum Gasteiger partial charge on any atom is -0.235 e. The zero-order chi connectivity index (χ0) is 97.3. The molecule has 0 N–H and O–H groups in total. The number of thiophene rings is 6. The molecule has 0 bridgehead atoms. The molecule has 29 aromatic rings. The molecule has 20 aromatic carbocycles. The van der Waals surface area contributed by atoms with Crippen molar-refractivity contribution in [3.05, 3.63) is 485 Å². The van der Waals surface area contributed by atoms with Crippen LogP contribution in [0.25, 0.3) is 278 Å². The lowest BCUT2D eigenvalue weighted by molar-refractivity contribution is 0.660. The smallest absolute Gasteiger partial charge is 0.116 e. The van der Waals surface area contributed by atoms with Crippen LogP contribution < -0.4 is 0 Å². The first-order valence-electron chi connectivity index (χ1n) is 49.4. The van der Waals surface area contributed by atoms with Crippen LogP contribution in [0.1, 0.15) is 25.0 Å². The molecule has 6 nitrogen and oxygen atoms in total. The van der Waals surface area contributed by atoms with Gasteiger partial charge in [-0.2, -0.15) is 0 Å². The molecular formula is C135H84N6S6. The quantitative estimate of drug-likeness (QED) is 0.114. The van der Waals surface area contributed by atoms with Crippen molar-refractivity contribution in [1.29, 1.82) is 0 Å². The van der Waals surface area contributed by atoms with Crippen LogP contribution in [0.4, 0.5) is 0 Å².